The maximum absolute atomic E-state index is 4.58. The Kier molecular flexibility index (Phi) is 17.2. The van der Waals surface area contributed by atoms with Crippen molar-refractivity contribution in [3.05, 3.63) is 0 Å². The third-order valence-electron chi connectivity index (χ3n) is 0. The molecule has 3 heteroatoms. The first kappa shape index (κ1) is 10.5. The molecule has 0 saturated carbocycles. The van der Waals surface area contributed by atoms with Crippen LogP contribution in [0, 0.1) is 0 Å². The van der Waals surface area contributed by atoms with E-state index >= 15 is 0 Å². The van der Waals surface area contributed by atoms with E-state index in [0.717, 1.165) is 0 Å². The van der Waals surface area contributed by atoms with Crippen LogP contribution in [-0.2, 0) is 20.0 Å². The Labute approximate surface area is 60.6 Å². The van der Waals surface area contributed by atoms with Gasteiger partial charge in [0.1, 0.15) is 0 Å². The van der Waals surface area contributed by atoms with Gasteiger partial charge in [-0.1, -0.05) is 0 Å². The van der Waals surface area contributed by atoms with Gasteiger partial charge in [-0.3, -0.25) is 0 Å². The van der Waals surface area contributed by atoms with Crippen LogP contribution in [0.3, 0.4) is 0 Å². The number of hydrogen-bond donors (Lipinski definition) is 0. The molecule has 0 heterocycles. The minimum atomic E-state index is -0.188. The van der Waals surface area contributed by atoms with Crippen LogP contribution in [0.15, 0.2) is 0 Å². The van der Waals surface area contributed by atoms with Crippen molar-refractivity contribution >= 4 is 23.8 Å². The fraction of sp³-hybridized carbons (Fsp3) is 1.00. The van der Waals surface area contributed by atoms with Crippen molar-refractivity contribution in [2.24, 2.45) is 0 Å². The van der Waals surface area contributed by atoms with Gasteiger partial charge in [-0.2, -0.15) is 0 Å². The van der Waals surface area contributed by atoms with Crippen molar-refractivity contribution in [2.45, 2.75) is 17.1 Å². The average molecular weight is 352 g/mol. The molecule has 0 aliphatic carbocycles. The van der Waals surface area contributed by atoms with Gasteiger partial charge in [0.2, 0.25) is 0 Å². The summed E-state index contributed by atoms with van der Waals surface area (Å²) < 4.78 is 0. The molecule has 0 aliphatic rings. The van der Waals surface area contributed by atoms with Gasteiger partial charge in [0, 0.05) is 0 Å². The van der Waals surface area contributed by atoms with Crippen LogP contribution in [0.1, 0.15) is 0 Å². The summed E-state index contributed by atoms with van der Waals surface area (Å²) >= 11 is 1.56. The zero-order valence-corrected chi connectivity index (χ0v) is 8.93. The van der Waals surface area contributed by atoms with Crippen LogP contribution >= 0.6 is 9.19 Å². The van der Waals surface area contributed by atoms with Crippen LogP contribution in [0.4, 0.5) is 0 Å². The predicted octanol–water partition coefficient (Wildman–Crippen LogP) is 2.06. The van der Waals surface area contributed by atoms with Gasteiger partial charge < -0.3 is 0 Å². The standard InChI is InChI=1S/C3H9As.Au.ClH/c1-4(2)3;;/h1-3H3;;1H/q;+1;/p-1. The Morgan fingerprint density at radius 2 is 1.17 bits per heavy atom. The molecule has 0 aromatic rings. The molecule has 0 saturated heterocycles. The second-order valence-electron chi connectivity index (χ2n) is 1.34. The molecule has 0 radical (unpaired) electrons. The van der Waals surface area contributed by atoms with Gasteiger partial charge in [-0.25, -0.2) is 0 Å². The van der Waals surface area contributed by atoms with Crippen molar-refractivity contribution in [2.75, 3.05) is 0 Å². The number of hydrogen-bond acceptors (Lipinski definition) is 0. The minimum absolute atomic E-state index is 0.188. The normalized spacial score (nSPS) is 7.17. The van der Waals surface area contributed by atoms with E-state index in [9.17, 15) is 0 Å². The van der Waals surface area contributed by atoms with E-state index in [0.29, 0.717) is 0 Å². The molecule has 0 fully saturated rings. The SMILES string of the molecule is C[As](C)C.[Cl][Au]. The van der Waals surface area contributed by atoms with Crippen LogP contribution in [-0.4, -0.2) is 14.7 Å². The quantitative estimate of drug-likeness (QED) is 0.586. The van der Waals surface area contributed by atoms with Crippen LogP contribution in [0.2, 0.25) is 17.1 Å². The van der Waals surface area contributed by atoms with E-state index in [1.54, 1.807) is 20.0 Å². The fourth-order valence-electron chi connectivity index (χ4n) is 0. The molecule has 44 valence electrons. The first-order valence-electron chi connectivity index (χ1n) is 1.46. The van der Waals surface area contributed by atoms with Crippen molar-refractivity contribution < 1.29 is 20.0 Å². The molecule has 0 amide bonds. The first-order chi connectivity index (χ1) is 2.73. The molecule has 0 aromatic heterocycles. The maximum atomic E-state index is 4.58. The fourth-order valence-corrected chi connectivity index (χ4v) is 0. The van der Waals surface area contributed by atoms with E-state index < -0.39 is 0 Å². The van der Waals surface area contributed by atoms with Crippen LogP contribution in [0.5, 0.6) is 0 Å². The third kappa shape index (κ3) is 46.6. The van der Waals surface area contributed by atoms with E-state index in [2.05, 4.69) is 26.3 Å². The summed E-state index contributed by atoms with van der Waals surface area (Å²) in [6, 6.07) is 0. The Morgan fingerprint density at radius 1 is 1.17 bits per heavy atom. The van der Waals surface area contributed by atoms with Gasteiger partial charge in [-0.15, -0.1) is 0 Å². The second kappa shape index (κ2) is 9.77. The predicted molar refractivity (Wildman–Crippen MR) is 29.2 cm³/mol. The zero-order chi connectivity index (χ0) is 5.58. The Morgan fingerprint density at radius 3 is 1.17 bits per heavy atom. The second-order valence-corrected chi connectivity index (χ2v) is 6.97. The van der Waals surface area contributed by atoms with E-state index in [1.807, 2.05) is 0 Å². The summed E-state index contributed by atoms with van der Waals surface area (Å²) in [7, 11) is 4.58. The molecule has 0 aromatic carbocycles. The van der Waals surface area contributed by atoms with Gasteiger partial charge in [0.25, 0.3) is 0 Å². The molecule has 0 aliphatic heterocycles. The Bertz CT molecular complexity index is 15.5. The number of rotatable bonds is 0. The van der Waals surface area contributed by atoms with Crippen molar-refractivity contribution in [1.82, 2.24) is 0 Å². The van der Waals surface area contributed by atoms with E-state index in [-0.39, 0.29) is 14.7 Å². The van der Waals surface area contributed by atoms with E-state index in [1.165, 1.54) is 0 Å². The van der Waals surface area contributed by atoms with Gasteiger partial charge in [0.05, 0.1) is 0 Å². The van der Waals surface area contributed by atoms with E-state index in [4.69, 9.17) is 0 Å². The average Bonchev–Trinajstić information content (AvgIpc) is 1.41. The summed E-state index contributed by atoms with van der Waals surface area (Å²) in [6.45, 7) is 0. The third-order valence-corrected chi connectivity index (χ3v) is 0. The van der Waals surface area contributed by atoms with Crippen molar-refractivity contribution in [3.8, 4) is 0 Å². The summed E-state index contributed by atoms with van der Waals surface area (Å²) in [5.74, 6) is 0. The number of halogens is 1. The molecule has 0 unspecified atom stereocenters. The summed E-state index contributed by atoms with van der Waals surface area (Å²) in [5.41, 5.74) is 6.94. The van der Waals surface area contributed by atoms with Gasteiger partial charge in [-0.05, 0) is 0 Å². The zero-order valence-electron chi connectivity index (χ0n) is 4.13. The molecule has 0 bridgehead atoms. The molecular weight excluding hydrogens is 343 g/mol. The molecule has 0 atom stereocenters. The Balaban J connectivity index is 0. The molecule has 0 rings (SSSR count). The first-order valence-corrected chi connectivity index (χ1v) is 9.77. The Hall–Kier alpha value is 1.59. The molecule has 0 spiro atoms. The van der Waals surface area contributed by atoms with Crippen LogP contribution < -0.4 is 0 Å². The molecular formula is C3H9AsAuCl. The van der Waals surface area contributed by atoms with Crippen LogP contribution in [0.25, 0.3) is 0 Å². The molecule has 0 N–H and O–H groups in total. The summed E-state index contributed by atoms with van der Waals surface area (Å²) in [4.78, 5) is 0. The van der Waals surface area contributed by atoms with Crippen molar-refractivity contribution in [3.63, 3.8) is 0 Å². The monoisotopic (exact) mass is 352 g/mol. The summed E-state index contributed by atoms with van der Waals surface area (Å²) in [5, 5.41) is 0. The van der Waals surface area contributed by atoms with Gasteiger partial charge in [0.15, 0.2) is 0 Å². The molecule has 6 heavy (non-hydrogen) atoms. The topological polar surface area (TPSA) is 0 Å². The summed E-state index contributed by atoms with van der Waals surface area (Å²) in [6.07, 6.45) is 0. The van der Waals surface area contributed by atoms with Gasteiger partial charge >= 0.3 is 61.0 Å². The molecule has 0 nitrogen and oxygen atoms in total. The van der Waals surface area contributed by atoms with Crippen molar-refractivity contribution in [1.29, 1.82) is 0 Å².